The van der Waals surface area contributed by atoms with Crippen LogP contribution in [0.1, 0.15) is 18.9 Å². The smallest absolute Gasteiger partial charge is 0.0961 e. The van der Waals surface area contributed by atoms with Gasteiger partial charge in [-0.05, 0) is 50.0 Å². The minimum absolute atomic E-state index is 0.598. The summed E-state index contributed by atoms with van der Waals surface area (Å²) in [5.74, 6) is 0.824. The summed E-state index contributed by atoms with van der Waals surface area (Å²) in [7, 11) is 0. The van der Waals surface area contributed by atoms with E-state index in [2.05, 4.69) is 20.5 Å². The summed E-state index contributed by atoms with van der Waals surface area (Å²) < 4.78 is 2.37. The molecule has 3 fully saturated rings. The third-order valence-corrected chi connectivity index (χ3v) is 4.58. The Morgan fingerprint density at radius 3 is 2.78 bits per heavy atom. The van der Waals surface area contributed by atoms with Crippen molar-refractivity contribution in [3.63, 3.8) is 0 Å². The van der Waals surface area contributed by atoms with Gasteiger partial charge in [-0.3, -0.25) is 0 Å². The van der Waals surface area contributed by atoms with Crippen molar-refractivity contribution >= 4 is 16.7 Å². The minimum atomic E-state index is 0.598. The SMILES string of the molecule is Nc1ccc2c(c1)ncn2C1CN2CCC1CC2. The number of nitrogen functional groups attached to an aromatic ring is 1. The number of nitrogens with two attached hydrogens (primary N) is 1. The van der Waals surface area contributed by atoms with E-state index in [9.17, 15) is 0 Å². The molecule has 1 unspecified atom stereocenters. The second-order valence-electron chi connectivity index (χ2n) is 5.61. The van der Waals surface area contributed by atoms with E-state index < -0.39 is 0 Å². The normalized spacial score (nSPS) is 31.0. The number of rotatable bonds is 1. The van der Waals surface area contributed by atoms with E-state index in [1.807, 2.05) is 18.5 Å². The molecule has 4 nitrogen and oxygen atoms in total. The summed E-state index contributed by atoms with van der Waals surface area (Å²) in [6.07, 6.45) is 4.66. The lowest BCUT2D eigenvalue weighted by Gasteiger charge is -2.45. The zero-order valence-corrected chi connectivity index (χ0v) is 10.4. The molecule has 1 aromatic heterocycles. The highest BCUT2D eigenvalue weighted by molar-refractivity contribution is 5.79. The maximum absolute atomic E-state index is 5.81. The largest absolute Gasteiger partial charge is 0.399 e. The van der Waals surface area contributed by atoms with Crippen LogP contribution >= 0.6 is 0 Å². The van der Waals surface area contributed by atoms with E-state index in [0.29, 0.717) is 6.04 Å². The topological polar surface area (TPSA) is 47.1 Å². The van der Waals surface area contributed by atoms with Gasteiger partial charge in [0.15, 0.2) is 0 Å². The molecule has 0 amide bonds. The molecule has 2 aromatic rings. The summed E-state index contributed by atoms with van der Waals surface area (Å²) in [5.41, 5.74) is 8.85. The highest BCUT2D eigenvalue weighted by atomic mass is 15.2. The number of fused-ring (bicyclic) bond motifs is 4. The molecule has 4 heteroatoms. The molecule has 2 bridgehead atoms. The number of hydrogen-bond donors (Lipinski definition) is 1. The monoisotopic (exact) mass is 242 g/mol. The van der Waals surface area contributed by atoms with Crippen LogP contribution in [0.25, 0.3) is 11.0 Å². The lowest BCUT2D eigenvalue weighted by Crippen LogP contribution is -2.47. The van der Waals surface area contributed by atoms with Gasteiger partial charge in [0.1, 0.15) is 0 Å². The van der Waals surface area contributed by atoms with Crippen LogP contribution in [0.2, 0.25) is 0 Å². The zero-order chi connectivity index (χ0) is 12.1. The van der Waals surface area contributed by atoms with Gasteiger partial charge in [0, 0.05) is 12.2 Å². The molecule has 3 saturated heterocycles. The molecule has 0 radical (unpaired) electrons. The molecule has 18 heavy (non-hydrogen) atoms. The van der Waals surface area contributed by atoms with Crippen LogP contribution < -0.4 is 5.73 Å². The predicted molar refractivity (Wildman–Crippen MR) is 72.3 cm³/mol. The van der Waals surface area contributed by atoms with E-state index in [4.69, 9.17) is 5.73 Å². The Kier molecular flexibility index (Phi) is 2.14. The summed E-state index contributed by atoms with van der Waals surface area (Å²) in [6.45, 7) is 3.74. The Bertz CT molecular complexity index is 580. The fraction of sp³-hybridized carbons (Fsp3) is 0.500. The van der Waals surface area contributed by atoms with E-state index in [1.165, 1.54) is 38.0 Å². The number of aromatic nitrogens is 2. The first-order valence-electron chi connectivity index (χ1n) is 6.76. The standard InChI is InChI=1S/C14H18N4/c15-11-1-2-13-12(7-11)16-9-18(13)14-8-17-5-3-10(14)4-6-17/h1-2,7,9-10,14H,3-6,8,15H2. The minimum Gasteiger partial charge on any atom is -0.399 e. The van der Waals surface area contributed by atoms with Gasteiger partial charge in [0.05, 0.1) is 23.4 Å². The van der Waals surface area contributed by atoms with Gasteiger partial charge < -0.3 is 15.2 Å². The van der Waals surface area contributed by atoms with Gasteiger partial charge in [0.2, 0.25) is 0 Å². The van der Waals surface area contributed by atoms with Crippen LogP contribution in [0.4, 0.5) is 5.69 Å². The fourth-order valence-electron chi connectivity index (χ4n) is 3.56. The quantitative estimate of drug-likeness (QED) is 0.777. The van der Waals surface area contributed by atoms with Gasteiger partial charge >= 0.3 is 0 Å². The van der Waals surface area contributed by atoms with Crippen LogP contribution in [0.3, 0.4) is 0 Å². The van der Waals surface area contributed by atoms with Gasteiger partial charge in [-0.1, -0.05) is 0 Å². The Balaban J connectivity index is 1.78. The van der Waals surface area contributed by atoms with Gasteiger partial charge in [0.25, 0.3) is 0 Å². The molecule has 1 atom stereocenters. The molecule has 94 valence electrons. The number of imidazole rings is 1. The van der Waals surface area contributed by atoms with E-state index in [0.717, 1.165) is 17.1 Å². The molecule has 0 aliphatic carbocycles. The van der Waals surface area contributed by atoms with Crippen LogP contribution in [-0.2, 0) is 0 Å². The molecule has 2 N–H and O–H groups in total. The third-order valence-electron chi connectivity index (χ3n) is 4.58. The molecule has 1 aromatic carbocycles. The van der Waals surface area contributed by atoms with Crippen molar-refractivity contribution in [2.75, 3.05) is 25.4 Å². The Labute approximate surface area is 106 Å². The summed E-state index contributed by atoms with van der Waals surface area (Å²) in [4.78, 5) is 7.08. The van der Waals surface area contributed by atoms with Crippen LogP contribution in [-0.4, -0.2) is 34.1 Å². The van der Waals surface area contributed by atoms with E-state index in [1.54, 1.807) is 0 Å². The van der Waals surface area contributed by atoms with Crippen LogP contribution in [0, 0.1) is 5.92 Å². The molecule has 3 aliphatic heterocycles. The first-order chi connectivity index (χ1) is 8.81. The predicted octanol–water partition coefficient (Wildman–Crippen LogP) is 1.89. The van der Waals surface area contributed by atoms with Crippen LogP contribution in [0.5, 0.6) is 0 Å². The van der Waals surface area contributed by atoms with E-state index >= 15 is 0 Å². The first kappa shape index (κ1) is 10.4. The molecule has 0 saturated carbocycles. The van der Waals surface area contributed by atoms with Crippen molar-refractivity contribution in [2.24, 2.45) is 5.92 Å². The molecular formula is C14H18N4. The maximum Gasteiger partial charge on any atom is 0.0961 e. The molecule has 4 heterocycles. The Morgan fingerprint density at radius 2 is 2.06 bits per heavy atom. The van der Waals surface area contributed by atoms with Crippen molar-refractivity contribution in [1.82, 2.24) is 14.5 Å². The summed E-state index contributed by atoms with van der Waals surface area (Å²) in [6, 6.07) is 6.64. The maximum atomic E-state index is 5.81. The number of nitrogens with zero attached hydrogens (tertiary/aromatic N) is 3. The van der Waals surface area contributed by atoms with Gasteiger partial charge in [-0.15, -0.1) is 0 Å². The average molecular weight is 242 g/mol. The Hall–Kier alpha value is -1.55. The first-order valence-corrected chi connectivity index (χ1v) is 6.76. The molecule has 3 aliphatic rings. The second kappa shape index (κ2) is 3.72. The van der Waals surface area contributed by atoms with Crippen molar-refractivity contribution in [1.29, 1.82) is 0 Å². The lowest BCUT2D eigenvalue weighted by atomic mass is 9.84. The van der Waals surface area contributed by atoms with Crippen LogP contribution in [0.15, 0.2) is 24.5 Å². The summed E-state index contributed by atoms with van der Waals surface area (Å²) in [5, 5.41) is 0. The molecule has 0 spiro atoms. The van der Waals surface area contributed by atoms with Gasteiger partial charge in [-0.2, -0.15) is 0 Å². The van der Waals surface area contributed by atoms with Crippen molar-refractivity contribution in [3.8, 4) is 0 Å². The molecular weight excluding hydrogens is 224 g/mol. The number of anilines is 1. The fourth-order valence-corrected chi connectivity index (χ4v) is 3.56. The number of benzene rings is 1. The van der Waals surface area contributed by atoms with E-state index in [-0.39, 0.29) is 0 Å². The number of piperidine rings is 3. The second-order valence-corrected chi connectivity index (χ2v) is 5.61. The molecule has 5 rings (SSSR count). The van der Waals surface area contributed by atoms with Crippen molar-refractivity contribution in [2.45, 2.75) is 18.9 Å². The van der Waals surface area contributed by atoms with Gasteiger partial charge in [-0.25, -0.2) is 4.98 Å². The average Bonchev–Trinajstić information content (AvgIpc) is 2.82. The van der Waals surface area contributed by atoms with Crippen molar-refractivity contribution < 1.29 is 0 Å². The lowest BCUT2D eigenvalue weighted by molar-refractivity contribution is 0.0588. The number of hydrogen-bond acceptors (Lipinski definition) is 3. The zero-order valence-electron chi connectivity index (χ0n) is 10.4. The highest BCUT2D eigenvalue weighted by Gasteiger charge is 2.35. The third kappa shape index (κ3) is 1.45. The summed E-state index contributed by atoms with van der Waals surface area (Å²) >= 11 is 0. The Morgan fingerprint density at radius 1 is 1.22 bits per heavy atom. The van der Waals surface area contributed by atoms with Crippen molar-refractivity contribution in [3.05, 3.63) is 24.5 Å². The highest BCUT2D eigenvalue weighted by Crippen LogP contribution is 2.37.